The number of ketones is 1. The molecule has 2 heterocycles. The molecule has 1 amide bonds. The number of nitrogens with zero attached hydrogens (tertiary/aromatic N) is 4. The Kier molecular flexibility index (Phi) is 6.07. The van der Waals surface area contributed by atoms with Crippen LogP contribution in [0.25, 0.3) is 6.08 Å². The fourth-order valence-corrected chi connectivity index (χ4v) is 3.87. The molecule has 1 unspecified atom stereocenters. The molecule has 1 aromatic carbocycles. The van der Waals surface area contributed by atoms with Crippen LogP contribution < -0.4 is 4.90 Å². The van der Waals surface area contributed by atoms with Gasteiger partial charge in [0, 0.05) is 38.8 Å². The molecule has 0 spiro atoms. The minimum absolute atomic E-state index is 0.0950. The van der Waals surface area contributed by atoms with Crippen molar-refractivity contribution in [1.29, 1.82) is 0 Å². The Bertz CT molecular complexity index is 937. The third-order valence-corrected chi connectivity index (χ3v) is 5.51. The van der Waals surface area contributed by atoms with Crippen molar-refractivity contribution in [2.45, 2.75) is 19.8 Å². The van der Waals surface area contributed by atoms with Gasteiger partial charge in [0.25, 0.3) is 0 Å². The minimum atomic E-state index is -0.276. The average molecular weight is 406 g/mol. The quantitative estimate of drug-likeness (QED) is 0.776. The highest BCUT2D eigenvalue weighted by molar-refractivity contribution is 5.98. The number of benzene rings is 1. The van der Waals surface area contributed by atoms with Crippen molar-refractivity contribution in [3.05, 3.63) is 59.4 Å². The Hall–Kier alpha value is -3.22. The number of rotatable bonds is 4. The van der Waals surface area contributed by atoms with E-state index in [0.717, 1.165) is 17.7 Å². The van der Waals surface area contributed by atoms with E-state index in [1.54, 1.807) is 18.0 Å². The number of fused-ring (bicyclic) bond motifs is 1. The van der Waals surface area contributed by atoms with Crippen molar-refractivity contribution in [1.82, 2.24) is 14.9 Å². The lowest BCUT2D eigenvalue weighted by molar-refractivity contribution is 0.0956. The summed E-state index contributed by atoms with van der Waals surface area (Å²) < 4.78 is 5.07. The summed E-state index contributed by atoms with van der Waals surface area (Å²) in [5.41, 5.74) is 2.57. The second kappa shape index (κ2) is 9.07. The monoisotopic (exact) mass is 406 g/mol. The van der Waals surface area contributed by atoms with Gasteiger partial charge >= 0.3 is 6.09 Å². The number of amides is 1. The van der Waals surface area contributed by atoms with Gasteiger partial charge in [-0.3, -0.25) is 4.79 Å². The van der Waals surface area contributed by atoms with E-state index in [1.807, 2.05) is 30.3 Å². The van der Waals surface area contributed by atoms with E-state index in [0.29, 0.717) is 50.7 Å². The zero-order valence-electron chi connectivity index (χ0n) is 17.2. The fraction of sp³-hybridized carbons (Fsp3) is 0.391. The summed E-state index contributed by atoms with van der Waals surface area (Å²) in [7, 11) is 0. The molecule has 1 fully saturated rings. The van der Waals surface area contributed by atoms with Crippen molar-refractivity contribution in [3.8, 4) is 0 Å². The van der Waals surface area contributed by atoms with E-state index < -0.39 is 0 Å². The van der Waals surface area contributed by atoms with Crippen molar-refractivity contribution in [2.75, 3.05) is 37.7 Å². The van der Waals surface area contributed by atoms with Crippen LogP contribution in [0.1, 0.15) is 35.0 Å². The largest absolute Gasteiger partial charge is 0.450 e. The van der Waals surface area contributed by atoms with Crippen LogP contribution in [-0.2, 0) is 11.2 Å². The molecule has 1 aromatic heterocycles. The number of ether oxygens (including phenoxy) is 1. The molecule has 7 nitrogen and oxygen atoms in total. The Labute approximate surface area is 176 Å². The lowest BCUT2D eigenvalue weighted by Gasteiger charge is -2.34. The molecular formula is C23H26N4O3. The number of allylic oxidation sites excluding steroid dienone is 1. The molecule has 0 bridgehead atoms. The third kappa shape index (κ3) is 4.50. The summed E-state index contributed by atoms with van der Waals surface area (Å²) in [6.07, 6.45) is 6.77. The summed E-state index contributed by atoms with van der Waals surface area (Å²) >= 11 is 0. The molecule has 2 aliphatic rings. The van der Waals surface area contributed by atoms with Gasteiger partial charge < -0.3 is 14.5 Å². The van der Waals surface area contributed by atoms with Gasteiger partial charge in [0.1, 0.15) is 0 Å². The predicted molar refractivity (Wildman–Crippen MR) is 114 cm³/mol. The van der Waals surface area contributed by atoms with E-state index >= 15 is 0 Å². The molecule has 0 saturated carbocycles. The summed E-state index contributed by atoms with van der Waals surface area (Å²) in [4.78, 5) is 37.4. The van der Waals surface area contributed by atoms with Crippen molar-refractivity contribution < 1.29 is 14.3 Å². The van der Waals surface area contributed by atoms with Crippen molar-refractivity contribution >= 4 is 23.9 Å². The van der Waals surface area contributed by atoms with E-state index in [4.69, 9.17) is 9.72 Å². The first kappa shape index (κ1) is 20.1. The van der Waals surface area contributed by atoms with Crippen molar-refractivity contribution in [3.63, 3.8) is 0 Å². The molecule has 2 aromatic rings. The standard InChI is InChI=1S/C23H26N4O3/c1-2-30-23(29)27-12-10-26(11-13-27)22-24-16-19-20(25-22)14-18(15-21(19)28)9-8-17-6-4-3-5-7-17/h3-9,16,18H,2,10-15H2,1H3. The summed E-state index contributed by atoms with van der Waals surface area (Å²) in [6, 6.07) is 10.1. The maximum Gasteiger partial charge on any atom is 0.409 e. The lowest BCUT2D eigenvalue weighted by atomic mass is 9.86. The van der Waals surface area contributed by atoms with Crippen LogP contribution in [0.4, 0.5) is 10.7 Å². The number of aromatic nitrogens is 2. The molecule has 1 aliphatic heterocycles. The predicted octanol–water partition coefficient (Wildman–Crippen LogP) is 3.21. The van der Waals surface area contributed by atoms with Crippen LogP contribution in [0.15, 0.2) is 42.6 Å². The third-order valence-electron chi connectivity index (χ3n) is 5.51. The van der Waals surface area contributed by atoms with Gasteiger partial charge in [-0.2, -0.15) is 0 Å². The first-order valence-electron chi connectivity index (χ1n) is 10.4. The molecule has 1 atom stereocenters. The molecule has 1 saturated heterocycles. The normalized spacial score (nSPS) is 19.1. The molecule has 7 heteroatoms. The Morgan fingerprint density at radius 3 is 2.67 bits per heavy atom. The van der Waals surface area contributed by atoms with Crippen molar-refractivity contribution in [2.24, 2.45) is 5.92 Å². The number of piperazine rings is 1. The second-order valence-corrected chi connectivity index (χ2v) is 7.56. The van der Waals surface area contributed by atoms with E-state index in [9.17, 15) is 9.59 Å². The van der Waals surface area contributed by atoms with Crippen LogP contribution in [0.2, 0.25) is 0 Å². The Balaban J connectivity index is 1.44. The van der Waals surface area contributed by atoms with Gasteiger partial charge in [-0.05, 0) is 24.8 Å². The molecule has 0 N–H and O–H groups in total. The molecule has 156 valence electrons. The van der Waals surface area contributed by atoms with Gasteiger partial charge in [0.15, 0.2) is 5.78 Å². The summed E-state index contributed by atoms with van der Waals surface area (Å²) in [5, 5.41) is 0. The maximum atomic E-state index is 12.6. The van der Waals surface area contributed by atoms with Gasteiger partial charge in [-0.15, -0.1) is 0 Å². The highest BCUT2D eigenvalue weighted by Crippen LogP contribution is 2.27. The number of Topliss-reactive ketones (excluding diaryl/α,β-unsaturated/α-hetero) is 1. The number of hydrogen-bond donors (Lipinski definition) is 0. The van der Waals surface area contributed by atoms with Gasteiger partial charge in [-0.25, -0.2) is 14.8 Å². The number of hydrogen-bond acceptors (Lipinski definition) is 6. The van der Waals surface area contributed by atoms with Gasteiger partial charge in [0.05, 0.1) is 17.9 Å². The second-order valence-electron chi connectivity index (χ2n) is 7.56. The minimum Gasteiger partial charge on any atom is -0.450 e. The zero-order chi connectivity index (χ0) is 20.9. The maximum absolute atomic E-state index is 12.6. The van der Waals surface area contributed by atoms with Gasteiger partial charge in [0.2, 0.25) is 5.95 Å². The van der Waals surface area contributed by atoms with Crippen LogP contribution in [-0.4, -0.2) is 59.5 Å². The molecular weight excluding hydrogens is 380 g/mol. The zero-order valence-corrected chi connectivity index (χ0v) is 17.2. The molecule has 30 heavy (non-hydrogen) atoms. The van der Waals surface area contributed by atoms with E-state index in [2.05, 4.69) is 22.0 Å². The summed E-state index contributed by atoms with van der Waals surface area (Å²) in [6.45, 7) is 4.60. The lowest BCUT2D eigenvalue weighted by Crippen LogP contribution is -2.49. The highest BCUT2D eigenvalue weighted by Gasteiger charge is 2.28. The molecule has 4 rings (SSSR count). The van der Waals surface area contributed by atoms with E-state index in [1.165, 1.54) is 0 Å². The van der Waals surface area contributed by atoms with Crippen LogP contribution >= 0.6 is 0 Å². The number of anilines is 1. The number of carbonyl (C=O) groups is 2. The van der Waals surface area contributed by atoms with Gasteiger partial charge in [-0.1, -0.05) is 42.5 Å². The van der Waals surface area contributed by atoms with E-state index in [-0.39, 0.29) is 17.8 Å². The SMILES string of the molecule is CCOC(=O)N1CCN(c2ncc3c(n2)CC(C=Cc2ccccc2)CC3=O)CC1. The topological polar surface area (TPSA) is 75.6 Å². The Morgan fingerprint density at radius 1 is 1.17 bits per heavy atom. The Morgan fingerprint density at radius 2 is 1.93 bits per heavy atom. The molecule has 0 radical (unpaired) electrons. The highest BCUT2D eigenvalue weighted by atomic mass is 16.6. The smallest absolute Gasteiger partial charge is 0.409 e. The van der Waals surface area contributed by atoms with Crippen LogP contribution in [0.3, 0.4) is 0 Å². The first-order chi connectivity index (χ1) is 14.6. The fourth-order valence-electron chi connectivity index (χ4n) is 3.87. The first-order valence-corrected chi connectivity index (χ1v) is 10.4. The van der Waals surface area contributed by atoms with Crippen LogP contribution in [0.5, 0.6) is 0 Å². The van der Waals surface area contributed by atoms with Crippen LogP contribution in [0, 0.1) is 5.92 Å². The summed E-state index contributed by atoms with van der Waals surface area (Å²) in [5.74, 6) is 0.851. The molecule has 1 aliphatic carbocycles. The number of carbonyl (C=O) groups excluding carboxylic acids is 2. The average Bonchev–Trinajstić information content (AvgIpc) is 2.78.